The quantitative estimate of drug-likeness (QED) is 0.495. The molecule has 3 N–H and O–H groups in total. The highest BCUT2D eigenvalue weighted by Crippen LogP contribution is 2.45. The fourth-order valence-corrected chi connectivity index (χ4v) is 5.59. The zero-order valence-corrected chi connectivity index (χ0v) is 16.2. The summed E-state index contributed by atoms with van der Waals surface area (Å²) in [5, 5.41) is 30.0. The summed E-state index contributed by atoms with van der Waals surface area (Å²) in [4.78, 5) is 25.7. The lowest BCUT2D eigenvalue weighted by molar-refractivity contribution is -0.385. The average Bonchev–Trinajstić information content (AvgIpc) is 2.57. The molecule has 2 atom stereocenters. The molecule has 1 aromatic carbocycles. The fourth-order valence-electron chi connectivity index (χ4n) is 3.31. The van der Waals surface area contributed by atoms with Crippen LogP contribution < -0.4 is 5.32 Å². The summed E-state index contributed by atoms with van der Waals surface area (Å²) < 4.78 is 39.4. The van der Waals surface area contributed by atoms with E-state index < -0.39 is 60.3 Å². The van der Waals surface area contributed by atoms with E-state index in [0.717, 1.165) is 18.2 Å². The molecule has 1 amide bonds. The Morgan fingerprint density at radius 2 is 2.00 bits per heavy atom. The lowest BCUT2D eigenvalue weighted by atomic mass is 9.86. The van der Waals surface area contributed by atoms with Gasteiger partial charge in [-0.25, -0.2) is 17.6 Å². The van der Waals surface area contributed by atoms with Gasteiger partial charge in [-0.05, 0) is 33.3 Å². The van der Waals surface area contributed by atoms with Crippen molar-refractivity contribution >= 4 is 27.5 Å². The number of nitro groups is 1. The molecule has 0 saturated carbocycles. The van der Waals surface area contributed by atoms with Crippen LogP contribution in [0.3, 0.4) is 0 Å². The van der Waals surface area contributed by atoms with Crippen molar-refractivity contribution in [1.29, 1.82) is 0 Å². The minimum atomic E-state index is -4.22. The monoisotopic (exact) mass is 417 g/mol. The Bertz CT molecular complexity index is 961. The van der Waals surface area contributed by atoms with Gasteiger partial charge in [-0.15, -0.1) is 0 Å². The van der Waals surface area contributed by atoms with Crippen LogP contribution in [0.2, 0.25) is 0 Å². The second-order valence-electron chi connectivity index (χ2n) is 7.02. The van der Waals surface area contributed by atoms with E-state index in [1.54, 1.807) is 0 Å². The maximum atomic E-state index is 14.6. The molecule has 12 heteroatoms. The molecule has 1 heterocycles. The lowest BCUT2D eigenvalue weighted by Gasteiger charge is -2.44. The minimum Gasteiger partial charge on any atom is -0.465 e. The summed E-state index contributed by atoms with van der Waals surface area (Å²) in [6.45, 7) is 3.16. The number of rotatable bonds is 4. The first-order valence-electron chi connectivity index (χ1n) is 8.18. The van der Waals surface area contributed by atoms with Crippen LogP contribution in [0.5, 0.6) is 0 Å². The van der Waals surface area contributed by atoms with Crippen molar-refractivity contribution in [2.75, 3.05) is 6.61 Å². The predicted molar refractivity (Wildman–Crippen MR) is 97.5 cm³/mol. The van der Waals surface area contributed by atoms with E-state index in [4.69, 9.17) is 5.11 Å². The maximum absolute atomic E-state index is 14.6. The number of sulfone groups is 1. The molecular weight excluding hydrogens is 397 g/mol. The summed E-state index contributed by atoms with van der Waals surface area (Å²) >= 11 is 0. The lowest BCUT2D eigenvalue weighted by Crippen LogP contribution is -2.61. The molecule has 0 aliphatic carbocycles. The maximum Gasteiger partial charge on any atom is 0.410 e. The van der Waals surface area contributed by atoms with Crippen LogP contribution in [0.4, 0.5) is 14.9 Å². The number of hydrogen-bond acceptors (Lipinski definition) is 7. The third-order valence-corrected chi connectivity index (χ3v) is 8.01. The third kappa shape index (κ3) is 3.33. The van der Waals surface area contributed by atoms with Gasteiger partial charge in [-0.2, -0.15) is 0 Å². The molecule has 2 rings (SSSR count). The molecule has 1 aliphatic heterocycles. The Hall–Kier alpha value is -2.60. The Labute approximate surface area is 160 Å². The number of carboxylic acid groups (broad SMARTS) is 1. The zero-order valence-electron chi connectivity index (χ0n) is 15.3. The van der Waals surface area contributed by atoms with E-state index in [1.807, 2.05) is 5.32 Å². The van der Waals surface area contributed by atoms with Gasteiger partial charge < -0.3 is 10.2 Å². The van der Waals surface area contributed by atoms with Gasteiger partial charge in [0.15, 0.2) is 9.84 Å². The highest BCUT2D eigenvalue weighted by Gasteiger charge is 2.57. The molecule has 28 heavy (non-hydrogen) atoms. The summed E-state index contributed by atoms with van der Waals surface area (Å²) in [6.07, 6.45) is -1.89. The highest BCUT2D eigenvalue weighted by molar-refractivity contribution is 7.94. The number of hydrogen-bond donors (Lipinski definition) is 3. The van der Waals surface area contributed by atoms with E-state index in [1.165, 1.54) is 20.8 Å². The number of benzene rings is 1. The number of amidine groups is 1. The van der Waals surface area contributed by atoms with Crippen LogP contribution in [0, 0.1) is 15.9 Å². The number of carbonyl (C=O) groups is 1. The van der Waals surface area contributed by atoms with Gasteiger partial charge in [0, 0.05) is 24.3 Å². The summed E-state index contributed by atoms with van der Waals surface area (Å²) in [5.41, 5.74) is -2.78. The second-order valence-corrected chi connectivity index (χ2v) is 9.70. The van der Waals surface area contributed by atoms with Crippen molar-refractivity contribution < 1.29 is 32.7 Å². The van der Waals surface area contributed by atoms with E-state index in [-0.39, 0.29) is 12.0 Å². The van der Waals surface area contributed by atoms with Crippen LogP contribution in [-0.2, 0) is 15.4 Å². The average molecular weight is 417 g/mol. The van der Waals surface area contributed by atoms with Gasteiger partial charge in [-0.3, -0.25) is 20.4 Å². The summed E-state index contributed by atoms with van der Waals surface area (Å²) in [5.74, 6) is -1.38. The Morgan fingerprint density at radius 3 is 2.50 bits per heavy atom. The minimum absolute atomic E-state index is 0.325. The first-order chi connectivity index (χ1) is 12.8. The number of halogens is 1. The van der Waals surface area contributed by atoms with Crippen molar-refractivity contribution in [2.45, 2.75) is 42.7 Å². The molecule has 0 fully saturated rings. The van der Waals surface area contributed by atoms with Crippen LogP contribution >= 0.6 is 0 Å². The van der Waals surface area contributed by atoms with Gasteiger partial charge in [0.25, 0.3) is 5.69 Å². The number of non-ortho nitro benzene ring substituents is 1. The van der Waals surface area contributed by atoms with E-state index in [0.29, 0.717) is 0 Å². The van der Waals surface area contributed by atoms with E-state index >= 15 is 0 Å². The largest absolute Gasteiger partial charge is 0.465 e. The molecule has 0 spiro atoms. The molecule has 0 unspecified atom stereocenters. The molecule has 154 valence electrons. The first kappa shape index (κ1) is 21.7. The van der Waals surface area contributed by atoms with Gasteiger partial charge in [0.05, 0.1) is 10.2 Å². The number of amides is 1. The van der Waals surface area contributed by atoms with Crippen molar-refractivity contribution in [3.63, 3.8) is 0 Å². The second kappa shape index (κ2) is 7.09. The molecule has 1 aromatic rings. The zero-order chi connectivity index (χ0) is 21.5. The molecule has 0 radical (unpaired) electrons. The molecule has 10 nitrogen and oxygen atoms in total. The molecule has 0 saturated heterocycles. The van der Waals surface area contributed by atoms with Crippen LogP contribution in [0.15, 0.2) is 23.2 Å². The van der Waals surface area contributed by atoms with Crippen molar-refractivity contribution in [3.05, 3.63) is 39.7 Å². The van der Waals surface area contributed by atoms with Crippen molar-refractivity contribution in [1.82, 2.24) is 5.32 Å². The topological polar surface area (TPSA) is 159 Å². The smallest absolute Gasteiger partial charge is 0.410 e. The number of aliphatic imine (C=N–C) groups is 1. The van der Waals surface area contributed by atoms with E-state index in [2.05, 4.69) is 4.99 Å². The summed E-state index contributed by atoms with van der Waals surface area (Å²) in [6, 6.07) is 2.61. The van der Waals surface area contributed by atoms with Crippen LogP contribution in [-0.4, -0.2) is 52.1 Å². The molecule has 1 aliphatic rings. The number of aliphatic hydroxyl groups is 1. The number of nitro benzene ring substituents is 1. The van der Waals surface area contributed by atoms with Crippen molar-refractivity contribution in [3.8, 4) is 0 Å². The fraction of sp³-hybridized carbons (Fsp3) is 0.500. The Balaban J connectivity index is 2.88. The molecule has 0 bridgehead atoms. The van der Waals surface area contributed by atoms with Gasteiger partial charge in [-0.1, -0.05) is 0 Å². The SMILES string of the molecule is CC1(C)C(NC(=O)O)=N[C@](C)(c2cc([N+](=O)[O-])ccc2F)[C@H](CCO)S1(=O)=O. The third-order valence-electron chi connectivity index (χ3n) is 4.95. The molecule has 0 aromatic heterocycles. The Morgan fingerprint density at radius 1 is 1.39 bits per heavy atom. The number of nitrogens with zero attached hydrogens (tertiary/aromatic N) is 2. The highest BCUT2D eigenvalue weighted by atomic mass is 32.2. The number of aliphatic hydroxyl groups excluding tert-OH is 1. The van der Waals surface area contributed by atoms with Crippen LogP contribution in [0.1, 0.15) is 32.8 Å². The standard InChI is InChI=1S/C16H20FN3O7S/c1-15(2)13(18-14(22)23)19-16(3,12(6-7-21)28(15,26)27)10-8-9(20(24)25)4-5-11(10)17/h4-5,8,12,21H,6-7H2,1-3H3,(H,18,19)(H,22,23)/t12-,16+/m0/s1. The summed E-state index contributed by atoms with van der Waals surface area (Å²) in [7, 11) is -4.22. The van der Waals surface area contributed by atoms with Gasteiger partial charge in [0.1, 0.15) is 21.9 Å². The van der Waals surface area contributed by atoms with Gasteiger partial charge in [0.2, 0.25) is 0 Å². The molecular formula is C16H20FN3O7S. The van der Waals surface area contributed by atoms with Crippen LogP contribution in [0.25, 0.3) is 0 Å². The number of nitrogens with one attached hydrogen (secondary N) is 1. The normalized spacial score (nSPS) is 25.6. The van der Waals surface area contributed by atoms with Crippen molar-refractivity contribution in [2.24, 2.45) is 4.99 Å². The predicted octanol–water partition coefficient (Wildman–Crippen LogP) is 1.57. The Kier molecular flexibility index (Phi) is 5.50. The first-order valence-corrected chi connectivity index (χ1v) is 9.72. The van der Waals surface area contributed by atoms with E-state index in [9.17, 15) is 32.8 Å². The van der Waals surface area contributed by atoms with Gasteiger partial charge >= 0.3 is 6.09 Å².